The number of carbonyl (C=O) groups is 1. The van der Waals surface area contributed by atoms with Crippen molar-refractivity contribution in [1.29, 1.82) is 0 Å². The third kappa shape index (κ3) is 3.67. The smallest absolute Gasteiger partial charge is 0.270 e. The zero-order chi connectivity index (χ0) is 12.5. The molecule has 0 spiro atoms. The Morgan fingerprint density at radius 2 is 2.33 bits per heavy atom. The number of hydrogen-bond acceptors (Lipinski definition) is 4. The summed E-state index contributed by atoms with van der Waals surface area (Å²) in [7, 11) is 0. The Kier molecular flexibility index (Phi) is 5.13. The number of thiazole rings is 1. The second-order valence-electron chi connectivity index (χ2n) is 5.26. The van der Waals surface area contributed by atoms with Crippen molar-refractivity contribution in [3.63, 3.8) is 0 Å². The standard InChI is InChI=1S/C12H19N3OS.ClH/c1-12(2)5-8(12)6-14-11(16)9-7-17-10(15-9)3-4-13;/h7-8H,3-6,13H2,1-2H3,(H,14,16);1H. The summed E-state index contributed by atoms with van der Waals surface area (Å²) >= 11 is 1.50. The van der Waals surface area contributed by atoms with Gasteiger partial charge in [0.05, 0.1) is 5.01 Å². The van der Waals surface area contributed by atoms with Gasteiger partial charge in [-0.15, -0.1) is 23.7 Å². The molecule has 0 radical (unpaired) electrons. The Morgan fingerprint density at radius 1 is 1.67 bits per heavy atom. The lowest BCUT2D eigenvalue weighted by Gasteiger charge is -2.04. The fourth-order valence-electron chi connectivity index (χ4n) is 1.88. The molecule has 6 heteroatoms. The minimum Gasteiger partial charge on any atom is -0.350 e. The summed E-state index contributed by atoms with van der Waals surface area (Å²) in [6, 6.07) is 0. The van der Waals surface area contributed by atoms with Gasteiger partial charge in [0.2, 0.25) is 0 Å². The van der Waals surface area contributed by atoms with Crippen molar-refractivity contribution < 1.29 is 4.79 Å². The molecule has 4 nitrogen and oxygen atoms in total. The molecule has 1 amide bonds. The van der Waals surface area contributed by atoms with Crippen LogP contribution < -0.4 is 11.1 Å². The normalized spacial score (nSPS) is 20.1. The van der Waals surface area contributed by atoms with Gasteiger partial charge in [0.1, 0.15) is 5.69 Å². The van der Waals surface area contributed by atoms with Crippen LogP contribution in [0, 0.1) is 11.3 Å². The Hall–Kier alpha value is -0.650. The number of rotatable bonds is 5. The fourth-order valence-corrected chi connectivity index (χ4v) is 2.68. The zero-order valence-electron chi connectivity index (χ0n) is 10.7. The molecule has 18 heavy (non-hydrogen) atoms. The molecule has 1 heterocycles. The molecule has 0 saturated heterocycles. The Balaban J connectivity index is 0.00000162. The first-order valence-electron chi connectivity index (χ1n) is 5.95. The number of halogens is 1. The van der Waals surface area contributed by atoms with E-state index >= 15 is 0 Å². The van der Waals surface area contributed by atoms with E-state index in [1.54, 1.807) is 5.38 Å². The molecule has 1 saturated carbocycles. The van der Waals surface area contributed by atoms with Crippen LogP contribution in [0.5, 0.6) is 0 Å². The molecule has 1 fully saturated rings. The molecule has 0 bridgehead atoms. The SMILES string of the molecule is CC1(C)CC1CNC(=O)c1csc(CCN)n1.Cl. The van der Waals surface area contributed by atoms with Crippen LogP contribution in [-0.4, -0.2) is 24.0 Å². The van der Waals surface area contributed by atoms with Crippen molar-refractivity contribution in [3.8, 4) is 0 Å². The first-order valence-corrected chi connectivity index (χ1v) is 6.83. The molecule has 0 aliphatic heterocycles. The van der Waals surface area contributed by atoms with Crippen LogP contribution in [0.15, 0.2) is 5.38 Å². The summed E-state index contributed by atoms with van der Waals surface area (Å²) in [5.74, 6) is 0.556. The van der Waals surface area contributed by atoms with Gasteiger partial charge >= 0.3 is 0 Å². The van der Waals surface area contributed by atoms with Gasteiger partial charge in [0.25, 0.3) is 5.91 Å². The van der Waals surface area contributed by atoms with Gasteiger partial charge in [-0.25, -0.2) is 4.98 Å². The predicted molar refractivity (Wildman–Crippen MR) is 76.3 cm³/mol. The number of hydrogen-bond donors (Lipinski definition) is 2. The number of carbonyl (C=O) groups excluding carboxylic acids is 1. The van der Waals surface area contributed by atoms with Crippen LogP contribution in [0.1, 0.15) is 35.8 Å². The van der Waals surface area contributed by atoms with Crippen LogP contribution >= 0.6 is 23.7 Å². The quantitative estimate of drug-likeness (QED) is 0.869. The highest BCUT2D eigenvalue weighted by Gasteiger charge is 2.45. The lowest BCUT2D eigenvalue weighted by atomic mass is 10.1. The van der Waals surface area contributed by atoms with Crippen molar-refractivity contribution >= 4 is 29.7 Å². The summed E-state index contributed by atoms with van der Waals surface area (Å²) in [5, 5.41) is 5.68. The molecule has 3 N–H and O–H groups in total. The molecule has 1 aliphatic rings. The van der Waals surface area contributed by atoms with E-state index in [0.29, 0.717) is 23.6 Å². The first kappa shape index (κ1) is 15.4. The highest BCUT2D eigenvalue weighted by molar-refractivity contribution is 7.09. The van der Waals surface area contributed by atoms with Crippen LogP contribution in [0.25, 0.3) is 0 Å². The van der Waals surface area contributed by atoms with Gasteiger partial charge in [-0.05, 0) is 24.3 Å². The van der Waals surface area contributed by atoms with Gasteiger partial charge in [0, 0.05) is 18.3 Å². The Morgan fingerprint density at radius 3 is 2.89 bits per heavy atom. The molecule has 1 aliphatic carbocycles. The summed E-state index contributed by atoms with van der Waals surface area (Å²) in [6.45, 7) is 5.79. The molecule has 1 atom stereocenters. The number of nitrogens with zero attached hydrogens (tertiary/aromatic N) is 1. The summed E-state index contributed by atoms with van der Waals surface area (Å²) < 4.78 is 0. The lowest BCUT2D eigenvalue weighted by Crippen LogP contribution is -2.26. The number of aromatic nitrogens is 1. The zero-order valence-corrected chi connectivity index (χ0v) is 12.4. The van der Waals surface area contributed by atoms with Crippen molar-refractivity contribution in [3.05, 3.63) is 16.1 Å². The Labute approximate surface area is 118 Å². The minimum atomic E-state index is -0.0628. The van der Waals surface area contributed by atoms with E-state index < -0.39 is 0 Å². The molecule has 1 unspecified atom stereocenters. The van der Waals surface area contributed by atoms with Crippen molar-refractivity contribution in [1.82, 2.24) is 10.3 Å². The molecule has 102 valence electrons. The van der Waals surface area contributed by atoms with Crippen LogP contribution in [0.4, 0.5) is 0 Å². The van der Waals surface area contributed by atoms with Gasteiger partial charge in [0.15, 0.2) is 0 Å². The largest absolute Gasteiger partial charge is 0.350 e. The van der Waals surface area contributed by atoms with Gasteiger partial charge < -0.3 is 11.1 Å². The van der Waals surface area contributed by atoms with Crippen LogP contribution in [-0.2, 0) is 6.42 Å². The minimum absolute atomic E-state index is 0. The van der Waals surface area contributed by atoms with Crippen LogP contribution in [0.3, 0.4) is 0 Å². The van der Waals surface area contributed by atoms with E-state index in [9.17, 15) is 4.79 Å². The van der Waals surface area contributed by atoms with Gasteiger partial charge in [-0.3, -0.25) is 4.79 Å². The van der Waals surface area contributed by atoms with E-state index in [0.717, 1.165) is 18.0 Å². The third-order valence-electron chi connectivity index (χ3n) is 3.37. The highest BCUT2D eigenvalue weighted by Crippen LogP contribution is 2.50. The maximum atomic E-state index is 11.8. The fraction of sp³-hybridized carbons (Fsp3) is 0.667. The molecule has 2 rings (SSSR count). The number of nitrogens with two attached hydrogens (primary N) is 1. The molecule has 1 aromatic rings. The molecule has 0 aromatic carbocycles. The van der Waals surface area contributed by atoms with E-state index in [4.69, 9.17) is 5.73 Å². The lowest BCUT2D eigenvalue weighted by molar-refractivity contribution is 0.0946. The Bertz CT molecular complexity index is 419. The average Bonchev–Trinajstić information content (AvgIpc) is 2.70. The average molecular weight is 290 g/mol. The summed E-state index contributed by atoms with van der Waals surface area (Å²) in [5.41, 5.74) is 6.38. The summed E-state index contributed by atoms with van der Waals surface area (Å²) in [4.78, 5) is 16.1. The topological polar surface area (TPSA) is 68.0 Å². The maximum absolute atomic E-state index is 11.8. The second-order valence-corrected chi connectivity index (χ2v) is 6.21. The van der Waals surface area contributed by atoms with E-state index in [1.807, 2.05) is 0 Å². The maximum Gasteiger partial charge on any atom is 0.270 e. The number of nitrogens with one attached hydrogen (secondary N) is 1. The predicted octanol–water partition coefficient (Wildman–Crippen LogP) is 1.84. The van der Waals surface area contributed by atoms with Crippen molar-refractivity contribution in [2.24, 2.45) is 17.1 Å². The van der Waals surface area contributed by atoms with Gasteiger partial charge in [-0.1, -0.05) is 13.8 Å². The highest BCUT2D eigenvalue weighted by atomic mass is 35.5. The molecular weight excluding hydrogens is 270 g/mol. The van der Waals surface area contributed by atoms with E-state index in [2.05, 4.69) is 24.1 Å². The van der Waals surface area contributed by atoms with Crippen molar-refractivity contribution in [2.75, 3.05) is 13.1 Å². The summed E-state index contributed by atoms with van der Waals surface area (Å²) in [6.07, 6.45) is 1.94. The first-order chi connectivity index (χ1) is 8.03. The number of amides is 1. The molecular formula is C12H20ClN3OS. The van der Waals surface area contributed by atoms with E-state index in [1.165, 1.54) is 17.8 Å². The second kappa shape index (κ2) is 5.99. The van der Waals surface area contributed by atoms with Crippen molar-refractivity contribution in [2.45, 2.75) is 26.7 Å². The monoisotopic (exact) mass is 289 g/mol. The van der Waals surface area contributed by atoms with Crippen LogP contribution in [0.2, 0.25) is 0 Å². The van der Waals surface area contributed by atoms with Gasteiger partial charge in [-0.2, -0.15) is 0 Å². The third-order valence-corrected chi connectivity index (χ3v) is 4.28. The molecule has 1 aromatic heterocycles. The van der Waals surface area contributed by atoms with E-state index in [-0.39, 0.29) is 18.3 Å².